The second-order valence-corrected chi connectivity index (χ2v) is 5.41. The van der Waals surface area contributed by atoms with Crippen molar-refractivity contribution < 1.29 is 14.3 Å². The fourth-order valence-electron chi connectivity index (χ4n) is 2.34. The number of amides is 1. The summed E-state index contributed by atoms with van der Waals surface area (Å²) in [5.41, 5.74) is 3.03. The lowest BCUT2D eigenvalue weighted by molar-refractivity contribution is 0.0599. The zero-order valence-corrected chi connectivity index (χ0v) is 12.5. The maximum atomic E-state index is 12.3. The summed E-state index contributed by atoms with van der Waals surface area (Å²) in [6.45, 7) is 1.77. The summed E-state index contributed by atoms with van der Waals surface area (Å²) in [7, 11) is 1.33. The molecule has 6 heteroatoms. The molecule has 0 spiro atoms. The predicted molar refractivity (Wildman–Crippen MR) is 81.0 cm³/mol. The van der Waals surface area contributed by atoms with Crippen molar-refractivity contribution in [2.75, 3.05) is 12.4 Å². The van der Waals surface area contributed by atoms with Crippen molar-refractivity contribution in [2.45, 2.75) is 25.7 Å². The van der Waals surface area contributed by atoms with E-state index in [0.717, 1.165) is 18.5 Å². The Bertz CT molecular complexity index is 732. The van der Waals surface area contributed by atoms with E-state index in [1.807, 2.05) is 0 Å². The Morgan fingerprint density at radius 1 is 1.36 bits per heavy atom. The average molecular weight is 299 g/mol. The minimum atomic E-state index is -0.426. The quantitative estimate of drug-likeness (QED) is 0.850. The number of hydrogen-bond acceptors (Lipinski definition) is 4. The zero-order chi connectivity index (χ0) is 15.7. The van der Waals surface area contributed by atoms with Crippen molar-refractivity contribution in [3.05, 3.63) is 46.8 Å². The summed E-state index contributed by atoms with van der Waals surface area (Å²) in [6, 6.07) is 6.90. The Kier molecular flexibility index (Phi) is 3.66. The van der Waals surface area contributed by atoms with Gasteiger partial charge < -0.3 is 10.1 Å². The number of carbonyl (C=O) groups is 2. The third kappa shape index (κ3) is 2.72. The molecule has 0 unspecified atom stereocenters. The van der Waals surface area contributed by atoms with E-state index in [4.69, 9.17) is 4.74 Å². The highest BCUT2D eigenvalue weighted by atomic mass is 16.5. The normalized spacial score (nSPS) is 13.7. The molecule has 0 aliphatic heterocycles. The van der Waals surface area contributed by atoms with E-state index in [9.17, 15) is 9.59 Å². The molecule has 3 rings (SSSR count). The number of carbonyl (C=O) groups excluding carboxylic acids is 2. The number of esters is 1. The van der Waals surface area contributed by atoms with Crippen LogP contribution >= 0.6 is 0 Å². The molecule has 2 aromatic rings. The molecule has 1 saturated carbocycles. The molecule has 114 valence electrons. The molecular weight excluding hydrogens is 282 g/mol. The summed E-state index contributed by atoms with van der Waals surface area (Å²) >= 11 is 0. The van der Waals surface area contributed by atoms with Gasteiger partial charge in [-0.25, -0.2) is 4.79 Å². The number of benzene rings is 1. The maximum absolute atomic E-state index is 12.3. The Morgan fingerprint density at radius 2 is 2.14 bits per heavy atom. The van der Waals surface area contributed by atoms with Crippen molar-refractivity contribution in [1.29, 1.82) is 0 Å². The first-order valence-corrected chi connectivity index (χ1v) is 7.14. The third-order valence-electron chi connectivity index (χ3n) is 3.83. The van der Waals surface area contributed by atoms with Crippen LogP contribution < -0.4 is 5.32 Å². The largest absolute Gasteiger partial charge is 0.465 e. The van der Waals surface area contributed by atoms with Crippen LogP contribution in [0.4, 0.5) is 5.69 Å². The first-order chi connectivity index (χ1) is 10.6. The number of nitrogens with one attached hydrogen (secondary N) is 2. The molecule has 1 aliphatic rings. The van der Waals surface area contributed by atoms with E-state index < -0.39 is 5.97 Å². The Labute approximate surface area is 127 Å². The van der Waals surface area contributed by atoms with Crippen LogP contribution in [0.15, 0.2) is 24.3 Å². The second kappa shape index (κ2) is 5.63. The number of nitrogens with zero attached hydrogens (tertiary/aromatic N) is 1. The third-order valence-corrected chi connectivity index (χ3v) is 3.83. The molecule has 1 amide bonds. The molecule has 1 fully saturated rings. The van der Waals surface area contributed by atoms with Crippen LogP contribution in [0.1, 0.15) is 50.9 Å². The fourth-order valence-corrected chi connectivity index (χ4v) is 2.34. The number of hydrogen-bond donors (Lipinski definition) is 2. The fraction of sp³-hybridized carbons (Fsp3) is 0.312. The van der Waals surface area contributed by atoms with Gasteiger partial charge in [-0.1, -0.05) is 6.07 Å². The lowest BCUT2D eigenvalue weighted by Crippen LogP contribution is -2.14. The standard InChI is InChI=1S/C16H17N3O3/c1-9-11(16(21)22-2)4-3-5-12(9)17-15(20)14-8-13(18-19-14)10-6-7-10/h3-5,8,10H,6-7H2,1-2H3,(H,17,20)(H,18,19). The molecule has 1 heterocycles. The second-order valence-electron chi connectivity index (χ2n) is 5.41. The van der Waals surface area contributed by atoms with Gasteiger partial charge in [0.2, 0.25) is 0 Å². The smallest absolute Gasteiger partial charge is 0.338 e. The predicted octanol–water partition coefficient (Wildman–Crippen LogP) is 2.63. The first kappa shape index (κ1) is 14.3. The summed E-state index contributed by atoms with van der Waals surface area (Å²) in [4.78, 5) is 23.9. The van der Waals surface area contributed by atoms with Gasteiger partial charge in [-0.05, 0) is 43.5 Å². The summed E-state index contributed by atoms with van der Waals surface area (Å²) in [5.74, 6) is -0.212. The molecule has 2 N–H and O–H groups in total. The van der Waals surface area contributed by atoms with Crippen molar-refractivity contribution >= 4 is 17.6 Å². The number of aromatic amines is 1. The molecule has 1 aliphatic carbocycles. The number of methoxy groups -OCH3 is 1. The van der Waals surface area contributed by atoms with Crippen LogP contribution in [0.25, 0.3) is 0 Å². The molecule has 1 aromatic carbocycles. The van der Waals surface area contributed by atoms with Crippen LogP contribution in [0.5, 0.6) is 0 Å². The van der Waals surface area contributed by atoms with Gasteiger partial charge in [0, 0.05) is 17.3 Å². The van der Waals surface area contributed by atoms with Gasteiger partial charge >= 0.3 is 5.97 Å². The SMILES string of the molecule is COC(=O)c1cccc(NC(=O)c2cc(C3CC3)[nH]n2)c1C. The number of rotatable bonds is 4. The highest BCUT2D eigenvalue weighted by Gasteiger charge is 2.26. The number of aromatic nitrogens is 2. The van der Waals surface area contributed by atoms with Gasteiger partial charge in [-0.3, -0.25) is 9.89 Å². The van der Waals surface area contributed by atoms with E-state index in [-0.39, 0.29) is 5.91 Å². The molecular formula is C16H17N3O3. The summed E-state index contributed by atoms with van der Waals surface area (Å²) < 4.78 is 4.73. The molecule has 0 atom stereocenters. The molecule has 6 nitrogen and oxygen atoms in total. The van der Waals surface area contributed by atoms with E-state index in [2.05, 4.69) is 15.5 Å². The van der Waals surface area contributed by atoms with E-state index >= 15 is 0 Å². The van der Waals surface area contributed by atoms with Gasteiger partial charge in [0.15, 0.2) is 5.69 Å². The molecule has 0 bridgehead atoms. The van der Waals surface area contributed by atoms with Crippen LogP contribution in [0.2, 0.25) is 0 Å². The number of anilines is 1. The van der Waals surface area contributed by atoms with Gasteiger partial charge in [-0.2, -0.15) is 5.10 Å². The highest BCUT2D eigenvalue weighted by molar-refractivity contribution is 6.04. The molecule has 22 heavy (non-hydrogen) atoms. The minimum absolute atomic E-state index is 0.298. The van der Waals surface area contributed by atoms with Gasteiger partial charge in [0.25, 0.3) is 5.91 Å². The van der Waals surface area contributed by atoms with E-state index in [1.165, 1.54) is 7.11 Å². The molecule has 1 aromatic heterocycles. The maximum Gasteiger partial charge on any atom is 0.338 e. The van der Waals surface area contributed by atoms with Crippen molar-refractivity contribution in [1.82, 2.24) is 10.2 Å². The van der Waals surface area contributed by atoms with E-state index in [0.29, 0.717) is 28.4 Å². The van der Waals surface area contributed by atoms with Gasteiger partial charge in [0.05, 0.1) is 12.7 Å². The van der Waals surface area contributed by atoms with Crippen molar-refractivity contribution in [3.8, 4) is 0 Å². The van der Waals surface area contributed by atoms with Crippen LogP contribution in [-0.4, -0.2) is 29.2 Å². The van der Waals surface area contributed by atoms with Gasteiger partial charge in [-0.15, -0.1) is 0 Å². The lowest BCUT2D eigenvalue weighted by Gasteiger charge is -2.10. The molecule has 0 saturated heterocycles. The van der Waals surface area contributed by atoms with Crippen LogP contribution in [-0.2, 0) is 4.74 Å². The summed E-state index contributed by atoms with van der Waals surface area (Å²) in [6.07, 6.45) is 2.28. The topological polar surface area (TPSA) is 84.1 Å². The van der Waals surface area contributed by atoms with Crippen LogP contribution in [0.3, 0.4) is 0 Å². The first-order valence-electron chi connectivity index (χ1n) is 7.14. The van der Waals surface area contributed by atoms with Crippen molar-refractivity contribution in [2.24, 2.45) is 0 Å². The zero-order valence-electron chi connectivity index (χ0n) is 12.5. The summed E-state index contributed by atoms with van der Waals surface area (Å²) in [5, 5.41) is 9.74. The number of ether oxygens (including phenoxy) is 1. The lowest BCUT2D eigenvalue weighted by atomic mass is 10.1. The average Bonchev–Trinajstić information content (AvgIpc) is 3.25. The Hall–Kier alpha value is -2.63. The van der Waals surface area contributed by atoms with Crippen LogP contribution in [0, 0.1) is 6.92 Å². The van der Waals surface area contributed by atoms with Gasteiger partial charge in [0.1, 0.15) is 0 Å². The number of H-pyrrole nitrogens is 1. The minimum Gasteiger partial charge on any atom is -0.465 e. The Balaban J connectivity index is 1.79. The molecule has 0 radical (unpaired) electrons. The Morgan fingerprint density at radius 3 is 2.82 bits per heavy atom. The van der Waals surface area contributed by atoms with E-state index in [1.54, 1.807) is 31.2 Å². The van der Waals surface area contributed by atoms with Crippen molar-refractivity contribution in [3.63, 3.8) is 0 Å². The monoisotopic (exact) mass is 299 g/mol. The highest BCUT2D eigenvalue weighted by Crippen LogP contribution is 2.39.